The first-order chi connectivity index (χ1) is 7.47. The van der Waals surface area contributed by atoms with Gasteiger partial charge in [-0.1, -0.05) is 0 Å². The predicted molar refractivity (Wildman–Crippen MR) is 57.6 cm³/mol. The van der Waals surface area contributed by atoms with Crippen molar-refractivity contribution in [1.29, 1.82) is 0 Å². The number of nitrogens with zero attached hydrogens (tertiary/aromatic N) is 1. The van der Waals surface area contributed by atoms with Gasteiger partial charge < -0.3 is 4.74 Å². The summed E-state index contributed by atoms with van der Waals surface area (Å²) in [5.74, 6) is -0.760. The summed E-state index contributed by atoms with van der Waals surface area (Å²) in [6.07, 6.45) is -2.75. The van der Waals surface area contributed by atoms with E-state index in [0.29, 0.717) is 4.60 Å². The van der Waals surface area contributed by atoms with Crippen LogP contribution in [-0.4, -0.2) is 17.6 Å². The number of hydrogen-bond acceptors (Lipinski definition) is 3. The minimum Gasteiger partial charge on any atom is -0.462 e. The van der Waals surface area contributed by atoms with E-state index < -0.39 is 12.4 Å². The van der Waals surface area contributed by atoms with Crippen LogP contribution in [0.1, 0.15) is 35.0 Å². The molecule has 0 unspecified atom stereocenters. The predicted octanol–water partition coefficient (Wildman–Crippen LogP) is 3.27. The fraction of sp³-hybridized carbons (Fsp3) is 0.400. The fourth-order valence-corrected chi connectivity index (χ4v) is 1.79. The van der Waals surface area contributed by atoms with Gasteiger partial charge in [0.05, 0.1) is 17.7 Å². The van der Waals surface area contributed by atoms with E-state index in [-0.39, 0.29) is 23.4 Å². The van der Waals surface area contributed by atoms with Crippen LogP contribution in [0.5, 0.6) is 0 Å². The Labute approximate surface area is 99.9 Å². The van der Waals surface area contributed by atoms with Crippen LogP contribution in [0.25, 0.3) is 0 Å². The molecule has 0 radical (unpaired) electrons. The first kappa shape index (κ1) is 13.0. The van der Waals surface area contributed by atoms with E-state index >= 15 is 0 Å². The number of rotatable bonds is 3. The normalized spacial score (nSPS) is 10.6. The molecule has 0 amide bonds. The molecule has 1 heterocycles. The largest absolute Gasteiger partial charge is 0.462 e. The molecule has 1 aromatic rings. The van der Waals surface area contributed by atoms with Crippen molar-refractivity contribution in [3.8, 4) is 0 Å². The van der Waals surface area contributed by atoms with Crippen molar-refractivity contribution in [2.75, 3.05) is 6.61 Å². The zero-order valence-electron chi connectivity index (χ0n) is 8.76. The fourth-order valence-electron chi connectivity index (χ4n) is 1.30. The van der Waals surface area contributed by atoms with Crippen LogP contribution >= 0.6 is 15.9 Å². The molecule has 0 aliphatic heterocycles. The van der Waals surface area contributed by atoms with Gasteiger partial charge in [0.2, 0.25) is 0 Å². The third kappa shape index (κ3) is 2.75. The molecule has 0 saturated carbocycles. The van der Waals surface area contributed by atoms with Crippen molar-refractivity contribution in [3.63, 3.8) is 0 Å². The van der Waals surface area contributed by atoms with E-state index in [4.69, 9.17) is 4.74 Å². The number of alkyl halides is 2. The lowest BCUT2D eigenvalue weighted by Gasteiger charge is -2.10. The number of hydrogen-bond donors (Lipinski definition) is 0. The van der Waals surface area contributed by atoms with Crippen molar-refractivity contribution in [2.24, 2.45) is 0 Å². The maximum Gasteiger partial charge on any atom is 0.338 e. The van der Waals surface area contributed by atoms with E-state index in [1.807, 2.05) is 0 Å². The number of carbonyl (C=O) groups is 1. The topological polar surface area (TPSA) is 39.2 Å². The monoisotopic (exact) mass is 293 g/mol. The quantitative estimate of drug-likeness (QED) is 0.634. The Morgan fingerprint density at radius 3 is 2.75 bits per heavy atom. The highest BCUT2D eigenvalue weighted by molar-refractivity contribution is 9.10. The molecular weight excluding hydrogens is 284 g/mol. The third-order valence-electron chi connectivity index (χ3n) is 1.93. The minimum absolute atomic E-state index is 0.118. The molecule has 0 bridgehead atoms. The summed E-state index contributed by atoms with van der Waals surface area (Å²) in [6.45, 7) is 3.18. The molecule has 0 fully saturated rings. The molecule has 3 nitrogen and oxygen atoms in total. The zero-order valence-corrected chi connectivity index (χ0v) is 10.3. The van der Waals surface area contributed by atoms with Gasteiger partial charge in [0, 0.05) is 5.69 Å². The summed E-state index contributed by atoms with van der Waals surface area (Å²) in [4.78, 5) is 15.3. The molecular formula is C10H10BrF2NO2. The van der Waals surface area contributed by atoms with Crippen molar-refractivity contribution >= 4 is 21.9 Å². The number of carbonyl (C=O) groups excluding carboxylic acids is 1. The van der Waals surface area contributed by atoms with Crippen LogP contribution < -0.4 is 0 Å². The van der Waals surface area contributed by atoms with Gasteiger partial charge in [-0.2, -0.15) is 0 Å². The van der Waals surface area contributed by atoms with Crippen molar-refractivity contribution < 1.29 is 18.3 Å². The van der Waals surface area contributed by atoms with Crippen molar-refractivity contribution in [3.05, 3.63) is 27.5 Å². The number of aryl methyl sites for hydroxylation is 1. The van der Waals surface area contributed by atoms with Gasteiger partial charge in [0.25, 0.3) is 6.43 Å². The summed E-state index contributed by atoms with van der Waals surface area (Å²) in [5.41, 5.74) is -0.398. The van der Waals surface area contributed by atoms with Gasteiger partial charge in [-0.25, -0.2) is 18.6 Å². The lowest BCUT2D eigenvalue weighted by Crippen LogP contribution is -2.11. The average molecular weight is 294 g/mol. The van der Waals surface area contributed by atoms with Gasteiger partial charge in [0.1, 0.15) is 4.60 Å². The van der Waals surface area contributed by atoms with Crippen molar-refractivity contribution in [1.82, 2.24) is 4.98 Å². The SMILES string of the molecule is CCOC(=O)c1cc(Br)nc(C)c1C(F)F. The summed E-state index contributed by atoms with van der Waals surface area (Å²) in [6, 6.07) is 1.24. The number of halogens is 3. The standard InChI is InChI=1S/C10H10BrF2NO2/c1-3-16-10(15)6-4-7(11)14-5(2)8(6)9(12)13/h4,9H,3H2,1-2H3. The second-order valence-electron chi connectivity index (χ2n) is 3.01. The maximum atomic E-state index is 12.8. The summed E-state index contributed by atoms with van der Waals surface area (Å²) >= 11 is 3.05. The lowest BCUT2D eigenvalue weighted by atomic mass is 10.1. The summed E-state index contributed by atoms with van der Waals surface area (Å²) < 4.78 is 30.6. The van der Waals surface area contributed by atoms with Crippen LogP contribution in [0, 0.1) is 6.92 Å². The second kappa shape index (κ2) is 5.34. The Morgan fingerprint density at radius 2 is 2.25 bits per heavy atom. The summed E-state index contributed by atoms with van der Waals surface area (Å²) in [7, 11) is 0. The average Bonchev–Trinajstić information content (AvgIpc) is 2.15. The van der Waals surface area contributed by atoms with Gasteiger partial charge >= 0.3 is 5.97 Å². The Hall–Kier alpha value is -1.04. The van der Waals surface area contributed by atoms with Gasteiger partial charge in [-0.05, 0) is 35.8 Å². The van der Waals surface area contributed by atoms with Crippen molar-refractivity contribution in [2.45, 2.75) is 20.3 Å². The van der Waals surface area contributed by atoms with E-state index in [1.165, 1.54) is 13.0 Å². The van der Waals surface area contributed by atoms with Gasteiger partial charge in [0.15, 0.2) is 0 Å². The molecule has 0 aliphatic rings. The molecule has 0 aliphatic carbocycles. The molecule has 0 saturated heterocycles. The molecule has 0 atom stereocenters. The molecule has 0 spiro atoms. The highest BCUT2D eigenvalue weighted by Crippen LogP contribution is 2.28. The molecule has 1 rings (SSSR count). The second-order valence-corrected chi connectivity index (χ2v) is 3.83. The molecule has 0 aromatic carbocycles. The van der Waals surface area contributed by atoms with E-state index in [2.05, 4.69) is 20.9 Å². The number of ether oxygens (including phenoxy) is 1. The maximum absolute atomic E-state index is 12.8. The van der Waals surface area contributed by atoms with E-state index in [0.717, 1.165) is 0 Å². The Morgan fingerprint density at radius 1 is 1.62 bits per heavy atom. The highest BCUT2D eigenvalue weighted by atomic mass is 79.9. The van der Waals surface area contributed by atoms with Gasteiger partial charge in [-0.15, -0.1) is 0 Å². The molecule has 1 aromatic heterocycles. The van der Waals surface area contributed by atoms with Crippen LogP contribution in [0.2, 0.25) is 0 Å². The molecule has 0 N–H and O–H groups in total. The van der Waals surface area contributed by atoms with Crippen LogP contribution in [0.3, 0.4) is 0 Å². The number of pyridine rings is 1. The Balaban J connectivity index is 3.29. The lowest BCUT2D eigenvalue weighted by molar-refractivity contribution is 0.0514. The van der Waals surface area contributed by atoms with Crippen LogP contribution in [0.4, 0.5) is 8.78 Å². The summed E-state index contributed by atoms with van der Waals surface area (Å²) in [5, 5.41) is 0. The van der Waals surface area contributed by atoms with Crippen LogP contribution in [-0.2, 0) is 4.74 Å². The zero-order chi connectivity index (χ0) is 12.3. The molecule has 6 heteroatoms. The minimum atomic E-state index is -2.75. The first-order valence-corrected chi connectivity index (χ1v) is 5.39. The number of aromatic nitrogens is 1. The highest BCUT2D eigenvalue weighted by Gasteiger charge is 2.23. The Kier molecular flexibility index (Phi) is 4.35. The molecule has 88 valence electrons. The molecule has 16 heavy (non-hydrogen) atoms. The number of esters is 1. The van der Waals surface area contributed by atoms with Crippen LogP contribution in [0.15, 0.2) is 10.7 Å². The third-order valence-corrected chi connectivity index (χ3v) is 2.34. The first-order valence-electron chi connectivity index (χ1n) is 4.59. The van der Waals surface area contributed by atoms with E-state index in [9.17, 15) is 13.6 Å². The smallest absolute Gasteiger partial charge is 0.338 e. The van der Waals surface area contributed by atoms with E-state index in [1.54, 1.807) is 6.92 Å². The Bertz CT molecular complexity index is 410. The van der Waals surface area contributed by atoms with Gasteiger partial charge in [-0.3, -0.25) is 0 Å².